The number of aromatic nitrogens is 1. The van der Waals surface area contributed by atoms with E-state index in [-0.39, 0.29) is 23.9 Å². The number of ketones is 1. The number of hydrogen-bond donors (Lipinski definition) is 0. The molecule has 1 aromatic carbocycles. The molecule has 5 nitrogen and oxygen atoms in total. The summed E-state index contributed by atoms with van der Waals surface area (Å²) in [4.78, 5) is 21.9. The summed E-state index contributed by atoms with van der Waals surface area (Å²) in [6, 6.07) is 5.15. The van der Waals surface area contributed by atoms with Crippen LogP contribution in [0.5, 0.6) is 0 Å². The molecule has 0 amide bonds. The standard InChI is InChI=1S/C15H15FN2O3/c1-10(2)15(19)12-3-4-17(9-12)8-11-5-13(16)7-14(6-11)18(20)21/h3-7,9-10H,8H2,1-2H3. The zero-order valence-corrected chi connectivity index (χ0v) is 11.7. The van der Waals surface area contributed by atoms with Gasteiger partial charge in [-0.2, -0.15) is 0 Å². The summed E-state index contributed by atoms with van der Waals surface area (Å²) in [5, 5.41) is 10.7. The van der Waals surface area contributed by atoms with E-state index in [9.17, 15) is 19.3 Å². The Labute approximate surface area is 121 Å². The third kappa shape index (κ3) is 3.53. The summed E-state index contributed by atoms with van der Waals surface area (Å²) < 4.78 is 15.1. The predicted molar refractivity (Wildman–Crippen MR) is 75.8 cm³/mol. The quantitative estimate of drug-likeness (QED) is 0.481. The number of rotatable bonds is 5. The summed E-state index contributed by atoms with van der Waals surface area (Å²) in [5.41, 5.74) is 0.771. The summed E-state index contributed by atoms with van der Waals surface area (Å²) in [5.74, 6) is -0.722. The molecule has 0 bridgehead atoms. The maximum Gasteiger partial charge on any atom is 0.272 e. The number of non-ortho nitro benzene ring substituents is 1. The lowest BCUT2D eigenvalue weighted by molar-refractivity contribution is -0.385. The largest absolute Gasteiger partial charge is 0.349 e. The van der Waals surface area contributed by atoms with Crippen molar-refractivity contribution in [3.05, 3.63) is 63.7 Å². The van der Waals surface area contributed by atoms with Crippen LogP contribution in [0.3, 0.4) is 0 Å². The maximum atomic E-state index is 13.4. The molecule has 21 heavy (non-hydrogen) atoms. The Balaban J connectivity index is 2.23. The van der Waals surface area contributed by atoms with Crippen molar-refractivity contribution < 1.29 is 14.1 Å². The smallest absolute Gasteiger partial charge is 0.272 e. The van der Waals surface area contributed by atoms with E-state index < -0.39 is 10.7 Å². The van der Waals surface area contributed by atoms with E-state index in [0.717, 1.165) is 6.07 Å². The number of nitrogens with zero attached hydrogens (tertiary/aromatic N) is 2. The van der Waals surface area contributed by atoms with Crippen LogP contribution >= 0.6 is 0 Å². The number of halogens is 1. The van der Waals surface area contributed by atoms with Crippen molar-refractivity contribution in [2.75, 3.05) is 0 Å². The van der Waals surface area contributed by atoms with Crippen molar-refractivity contribution in [1.29, 1.82) is 0 Å². The number of benzene rings is 1. The zero-order chi connectivity index (χ0) is 15.6. The van der Waals surface area contributed by atoms with Crippen molar-refractivity contribution in [2.24, 2.45) is 5.92 Å². The second-order valence-corrected chi connectivity index (χ2v) is 5.17. The van der Waals surface area contributed by atoms with Crippen molar-refractivity contribution in [3.63, 3.8) is 0 Å². The summed E-state index contributed by atoms with van der Waals surface area (Å²) in [7, 11) is 0. The highest BCUT2D eigenvalue weighted by Crippen LogP contribution is 2.18. The fourth-order valence-electron chi connectivity index (χ4n) is 2.06. The molecule has 6 heteroatoms. The van der Waals surface area contributed by atoms with E-state index in [1.807, 2.05) is 13.8 Å². The van der Waals surface area contributed by atoms with Gasteiger partial charge in [-0.25, -0.2) is 4.39 Å². The molecule has 0 fully saturated rings. The summed E-state index contributed by atoms with van der Waals surface area (Å²) >= 11 is 0. The van der Waals surface area contributed by atoms with Gasteiger partial charge >= 0.3 is 0 Å². The van der Waals surface area contributed by atoms with E-state index in [1.54, 1.807) is 23.0 Å². The summed E-state index contributed by atoms with van der Waals surface area (Å²) in [6.07, 6.45) is 3.37. The molecule has 0 spiro atoms. The van der Waals surface area contributed by atoms with Gasteiger partial charge in [0.05, 0.1) is 11.0 Å². The van der Waals surface area contributed by atoms with Crippen LogP contribution < -0.4 is 0 Å². The average molecular weight is 290 g/mol. The van der Waals surface area contributed by atoms with Gasteiger partial charge < -0.3 is 4.57 Å². The molecule has 0 N–H and O–H groups in total. The molecule has 2 rings (SSSR count). The molecular weight excluding hydrogens is 275 g/mol. The highest BCUT2D eigenvalue weighted by atomic mass is 19.1. The van der Waals surface area contributed by atoms with Crippen LogP contribution in [0.25, 0.3) is 0 Å². The van der Waals surface area contributed by atoms with Crippen LogP contribution in [-0.4, -0.2) is 15.3 Å². The van der Waals surface area contributed by atoms with Gasteiger partial charge in [0, 0.05) is 36.5 Å². The average Bonchev–Trinajstić information content (AvgIpc) is 2.85. The molecule has 0 aliphatic carbocycles. The van der Waals surface area contributed by atoms with Gasteiger partial charge in [-0.05, 0) is 17.7 Å². The van der Waals surface area contributed by atoms with Crippen LogP contribution in [0, 0.1) is 21.8 Å². The van der Waals surface area contributed by atoms with Gasteiger partial charge in [-0.15, -0.1) is 0 Å². The second kappa shape index (κ2) is 5.87. The highest BCUT2D eigenvalue weighted by molar-refractivity contribution is 5.97. The molecule has 1 heterocycles. The Kier molecular flexibility index (Phi) is 4.16. The van der Waals surface area contributed by atoms with E-state index in [4.69, 9.17) is 0 Å². The van der Waals surface area contributed by atoms with Crippen LogP contribution in [0.15, 0.2) is 36.7 Å². The van der Waals surface area contributed by atoms with Crippen molar-refractivity contribution in [2.45, 2.75) is 20.4 Å². The minimum absolute atomic E-state index is 0.0268. The van der Waals surface area contributed by atoms with Gasteiger partial charge in [0.15, 0.2) is 5.78 Å². The normalized spacial score (nSPS) is 10.9. The Morgan fingerprint density at radius 3 is 2.71 bits per heavy atom. The lowest BCUT2D eigenvalue weighted by atomic mass is 10.0. The molecular formula is C15H15FN2O3. The number of carbonyl (C=O) groups excluding carboxylic acids is 1. The number of carbonyl (C=O) groups is 1. The first-order chi connectivity index (χ1) is 9.86. The Bertz CT molecular complexity index is 692. The summed E-state index contributed by atoms with van der Waals surface area (Å²) in [6.45, 7) is 3.90. The third-order valence-electron chi connectivity index (χ3n) is 3.08. The number of Topliss-reactive ketones (excluding diaryl/α,β-unsaturated/α-hetero) is 1. The lowest BCUT2D eigenvalue weighted by Gasteiger charge is -2.04. The Morgan fingerprint density at radius 1 is 1.38 bits per heavy atom. The fourth-order valence-corrected chi connectivity index (χ4v) is 2.06. The first-order valence-corrected chi connectivity index (χ1v) is 6.50. The van der Waals surface area contributed by atoms with Crippen LogP contribution in [0.2, 0.25) is 0 Å². The lowest BCUT2D eigenvalue weighted by Crippen LogP contribution is -2.06. The maximum absolute atomic E-state index is 13.4. The van der Waals surface area contributed by atoms with Gasteiger partial charge in [-0.1, -0.05) is 13.8 Å². The van der Waals surface area contributed by atoms with Crippen molar-refractivity contribution in [1.82, 2.24) is 4.57 Å². The molecule has 0 radical (unpaired) electrons. The first-order valence-electron chi connectivity index (χ1n) is 6.50. The van der Waals surface area contributed by atoms with Gasteiger partial charge in [0.25, 0.3) is 5.69 Å². The van der Waals surface area contributed by atoms with E-state index in [0.29, 0.717) is 11.1 Å². The predicted octanol–water partition coefficient (Wildman–Crippen LogP) is 3.42. The zero-order valence-electron chi connectivity index (χ0n) is 11.7. The van der Waals surface area contributed by atoms with Crippen LogP contribution in [0.1, 0.15) is 29.8 Å². The van der Waals surface area contributed by atoms with E-state index >= 15 is 0 Å². The highest BCUT2D eigenvalue weighted by Gasteiger charge is 2.13. The number of hydrogen-bond acceptors (Lipinski definition) is 3. The molecule has 110 valence electrons. The van der Waals surface area contributed by atoms with Gasteiger partial charge in [-0.3, -0.25) is 14.9 Å². The molecule has 0 aliphatic rings. The molecule has 0 unspecified atom stereocenters. The number of nitro groups is 1. The van der Waals surface area contributed by atoms with Gasteiger partial charge in [0.1, 0.15) is 5.82 Å². The minimum atomic E-state index is -0.648. The van der Waals surface area contributed by atoms with Crippen molar-refractivity contribution >= 4 is 11.5 Å². The van der Waals surface area contributed by atoms with Crippen LogP contribution in [-0.2, 0) is 6.54 Å². The fraction of sp³-hybridized carbons (Fsp3) is 0.267. The van der Waals surface area contributed by atoms with Crippen molar-refractivity contribution in [3.8, 4) is 0 Å². The molecule has 1 aromatic heterocycles. The molecule has 0 aliphatic heterocycles. The van der Waals surface area contributed by atoms with Gasteiger partial charge in [0.2, 0.25) is 0 Å². The monoisotopic (exact) mass is 290 g/mol. The number of nitro benzene ring substituents is 1. The Morgan fingerprint density at radius 2 is 2.10 bits per heavy atom. The topological polar surface area (TPSA) is 65.1 Å². The minimum Gasteiger partial charge on any atom is -0.349 e. The van der Waals surface area contributed by atoms with Crippen LogP contribution in [0.4, 0.5) is 10.1 Å². The Hall–Kier alpha value is -2.50. The molecule has 0 saturated carbocycles. The SMILES string of the molecule is CC(C)C(=O)c1ccn(Cc2cc(F)cc([N+](=O)[O-])c2)c1. The van der Waals surface area contributed by atoms with E-state index in [2.05, 4.69) is 0 Å². The molecule has 2 aromatic rings. The second-order valence-electron chi connectivity index (χ2n) is 5.17. The molecule has 0 atom stereocenters. The first kappa shape index (κ1) is 14.9. The third-order valence-corrected chi connectivity index (χ3v) is 3.08. The molecule has 0 saturated heterocycles. The van der Waals surface area contributed by atoms with E-state index in [1.165, 1.54) is 12.1 Å².